The lowest BCUT2D eigenvalue weighted by atomic mass is 10.0. The van der Waals surface area contributed by atoms with E-state index in [1.165, 1.54) is 17.2 Å². The van der Waals surface area contributed by atoms with Crippen molar-refractivity contribution in [2.24, 2.45) is 0 Å². The molecule has 0 amide bonds. The maximum atomic E-state index is 4.68. The first-order valence-electron chi connectivity index (χ1n) is 6.72. The molecule has 0 aliphatic carbocycles. The molecule has 0 bridgehead atoms. The van der Waals surface area contributed by atoms with Crippen LogP contribution in [-0.2, 0) is 0 Å². The van der Waals surface area contributed by atoms with E-state index >= 15 is 0 Å². The quantitative estimate of drug-likeness (QED) is 0.478. The molecule has 4 rings (SSSR count). The molecule has 1 heterocycles. The van der Waals surface area contributed by atoms with E-state index in [2.05, 4.69) is 70.1 Å². The smallest absolute Gasteiger partial charge is 0.139 e. The Kier molecular flexibility index (Phi) is 3.89. The Bertz CT molecular complexity index is 842. The van der Waals surface area contributed by atoms with E-state index in [9.17, 15) is 0 Å². The number of hydrogen-bond donors (Lipinski definition) is 1. The van der Waals surface area contributed by atoms with Crippen LogP contribution in [0.1, 0.15) is 0 Å². The molecule has 4 aromatic rings. The molecule has 0 unspecified atom stereocenters. The fraction of sp³-hybridized carbons (Fsp3) is 0.0556. The molecule has 0 aliphatic rings. The second-order valence-corrected chi connectivity index (χ2v) is 4.63. The molecule has 1 N–H and O–H groups in total. The molecule has 0 atom stereocenters. The minimum absolute atomic E-state index is 0.929. The molecule has 3 heteroatoms. The Balaban J connectivity index is 0.000000636. The largest absolute Gasteiger partial charge is 0.338 e. The van der Waals surface area contributed by atoms with E-state index in [0.29, 0.717) is 0 Å². The number of hydrogen-bond acceptors (Lipinski definition) is 1. The highest BCUT2D eigenvalue weighted by molar-refractivity contribution is 6.15. The van der Waals surface area contributed by atoms with Crippen LogP contribution in [0.15, 0.2) is 66.7 Å². The summed E-state index contributed by atoms with van der Waals surface area (Å²) in [5.74, 6) is 0.929. The number of fused-ring (bicyclic) bond motifs is 2. The highest BCUT2D eigenvalue weighted by atomic mass is 35.5. The summed E-state index contributed by atoms with van der Waals surface area (Å²) in [6, 6.07) is 22.8. The average Bonchev–Trinajstić information content (AvgIpc) is 3.00. The summed E-state index contributed by atoms with van der Waals surface area (Å²) < 4.78 is 0. The number of rotatable bonds is 1. The van der Waals surface area contributed by atoms with Gasteiger partial charge in [-0.15, -0.1) is 11.6 Å². The highest BCUT2D eigenvalue weighted by Crippen LogP contribution is 2.27. The van der Waals surface area contributed by atoms with Crippen LogP contribution < -0.4 is 0 Å². The maximum absolute atomic E-state index is 4.68. The molecule has 104 valence electrons. The van der Waals surface area contributed by atoms with E-state index < -0.39 is 0 Å². The normalized spacial score (nSPS) is 10.4. The van der Waals surface area contributed by atoms with Crippen LogP contribution in [0.25, 0.3) is 33.2 Å². The van der Waals surface area contributed by atoms with Gasteiger partial charge >= 0.3 is 0 Å². The molecule has 0 radical (unpaired) electrons. The second kappa shape index (κ2) is 5.98. The van der Waals surface area contributed by atoms with Gasteiger partial charge in [0, 0.05) is 11.9 Å². The van der Waals surface area contributed by atoms with E-state index in [-0.39, 0.29) is 0 Å². The summed E-state index contributed by atoms with van der Waals surface area (Å²) in [5, 5.41) is 2.46. The molecule has 0 spiro atoms. The van der Waals surface area contributed by atoms with Crippen LogP contribution in [0.2, 0.25) is 0 Å². The van der Waals surface area contributed by atoms with Crippen molar-refractivity contribution >= 4 is 33.4 Å². The first-order chi connectivity index (χ1) is 10.4. The van der Waals surface area contributed by atoms with Crippen LogP contribution in [0, 0.1) is 0 Å². The lowest BCUT2D eigenvalue weighted by molar-refractivity contribution is 1.35. The van der Waals surface area contributed by atoms with Crippen LogP contribution >= 0.6 is 11.6 Å². The highest BCUT2D eigenvalue weighted by Gasteiger charge is 2.07. The number of nitrogens with one attached hydrogen (secondary N) is 1. The minimum Gasteiger partial charge on any atom is -0.338 e. The van der Waals surface area contributed by atoms with Gasteiger partial charge in [0.05, 0.1) is 11.0 Å². The Hall–Kier alpha value is -2.32. The van der Waals surface area contributed by atoms with Crippen molar-refractivity contribution < 1.29 is 0 Å². The number of H-pyrrole nitrogens is 1. The summed E-state index contributed by atoms with van der Waals surface area (Å²) in [5.41, 5.74) is 3.23. The number of nitrogens with zero attached hydrogens (tertiary/aromatic N) is 1. The first kappa shape index (κ1) is 13.7. The van der Waals surface area contributed by atoms with E-state index in [1.54, 1.807) is 0 Å². The predicted octanol–water partition coefficient (Wildman–Crippen LogP) is 5.24. The molecule has 0 fully saturated rings. The second-order valence-electron chi connectivity index (χ2n) is 4.63. The minimum atomic E-state index is 0.929. The zero-order chi connectivity index (χ0) is 14.7. The fourth-order valence-corrected chi connectivity index (χ4v) is 2.51. The monoisotopic (exact) mass is 294 g/mol. The summed E-state index contributed by atoms with van der Waals surface area (Å²) in [6.45, 7) is 0. The van der Waals surface area contributed by atoms with Crippen molar-refractivity contribution in [2.75, 3.05) is 6.38 Å². The number of imidazole rings is 1. The van der Waals surface area contributed by atoms with Crippen molar-refractivity contribution in [3.05, 3.63) is 66.7 Å². The third-order valence-corrected chi connectivity index (χ3v) is 3.43. The molecule has 2 nitrogen and oxygen atoms in total. The number of para-hydroxylation sites is 2. The summed E-state index contributed by atoms with van der Waals surface area (Å²) in [4.78, 5) is 8.07. The van der Waals surface area contributed by atoms with Gasteiger partial charge < -0.3 is 4.98 Å². The van der Waals surface area contributed by atoms with E-state index in [1.807, 2.05) is 18.2 Å². The standard InChI is InChI=1S/C17H12N2.CH3Cl/c1-2-8-13-12(6-1)7-5-9-14(13)17-18-15-10-3-4-11-16(15)19-17;1-2/h1-11H,(H,18,19);1H3. The van der Waals surface area contributed by atoms with Crippen molar-refractivity contribution in [2.45, 2.75) is 0 Å². The Morgan fingerprint density at radius 2 is 1.52 bits per heavy atom. The van der Waals surface area contributed by atoms with Crippen LogP contribution in [0.4, 0.5) is 0 Å². The molecule has 3 aromatic carbocycles. The topological polar surface area (TPSA) is 28.7 Å². The molecule has 21 heavy (non-hydrogen) atoms. The Labute approximate surface area is 128 Å². The molecule has 0 aliphatic heterocycles. The zero-order valence-corrected chi connectivity index (χ0v) is 12.4. The van der Waals surface area contributed by atoms with Crippen molar-refractivity contribution in [3.63, 3.8) is 0 Å². The predicted molar refractivity (Wildman–Crippen MR) is 90.8 cm³/mol. The van der Waals surface area contributed by atoms with E-state index in [4.69, 9.17) is 0 Å². The SMILES string of the molecule is CCl.c1ccc2c(-c3nc4ccccc4[nH]3)cccc2c1. The van der Waals surface area contributed by atoms with Crippen molar-refractivity contribution in [1.82, 2.24) is 9.97 Å². The van der Waals surface area contributed by atoms with Crippen molar-refractivity contribution in [1.29, 1.82) is 0 Å². The van der Waals surface area contributed by atoms with Gasteiger partial charge in [0.25, 0.3) is 0 Å². The van der Waals surface area contributed by atoms with Crippen molar-refractivity contribution in [3.8, 4) is 11.4 Å². The lowest BCUT2D eigenvalue weighted by Gasteiger charge is -2.03. The molecule has 1 aromatic heterocycles. The number of benzene rings is 3. The third kappa shape index (κ3) is 2.50. The summed E-state index contributed by atoms with van der Waals surface area (Å²) in [6.07, 6.45) is 1.47. The third-order valence-electron chi connectivity index (χ3n) is 3.43. The molecular formula is C18H15ClN2. The number of alkyl halides is 1. The lowest BCUT2D eigenvalue weighted by Crippen LogP contribution is -1.82. The Morgan fingerprint density at radius 1 is 0.810 bits per heavy atom. The van der Waals surface area contributed by atoms with Gasteiger partial charge in [0.15, 0.2) is 0 Å². The summed E-state index contributed by atoms with van der Waals surface area (Å²) in [7, 11) is 0. The van der Waals surface area contributed by atoms with E-state index in [0.717, 1.165) is 22.4 Å². The van der Waals surface area contributed by atoms with Crippen LogP contribution in [-0.4, -0.2) is 16.4 Å². The summed E-state index contributed by atoms with van der Waals surface area (Å²) >= 11 is 4.64. The van der Waals surface area contributed by atoms with Gasteiger partial charge in [-0.3, -0.25) is 0 Å². The van der Waals surface area contributed by atoms with Gasteiger partial charge in [0.2, 0.25) is 0 Å². The zero-order valence-electron chi connectivity index (χ0n) is 11.7. The number of aromatic nitrogens is 2. The molecule has 0 saturated carbocycles. The number of halogens is 1. The van der Waals surface area contributed by atoms with Crippen LogP contribution in [0.5, 0.6) is 0 Å². The number of aromatic amines is 1. The van der Waals surface area contributed by atoms with Crippen LogP contribution in [0.3, 0.4) is 0 Å². The average molecular weight is 295 g/mol. The van der Waals surface area contributed by atoms with Gasteiger partial charge in [0.1, 0.15) is 5.82 Å². The van der Waals surface area contributed by atoms with Gasteiger partial charge in [-0.1, -0.05) is 54.6 Å². The fourth-order valence-electron chi connectivity index (χ4n) is 2.51. The first-order valence-corrected chi connectivity index (χ1v) is 7.48. The van der Waals surface area contributed by atoms with Gasteiger partial charge in [-0.25, -0.2) is 4.98 Å². The molecule has 0 saturated heterocycles. The molecular weight excluding hydrogens is 280 g/mol. The van der Waals surface area contributed by atoms with Gasteiger partial charge in [-0.2, -0.15) is 0 Å². The Morgan fingerprint density at radius 3 is 2.38 bits per heavy atom. The van der Waals surface area contributed by atoms with Gasteiger partial charge in [-0.05, 0) is 22.9 Å². The maximum Gasteiger partial charge on any atom is 0.139 e.